The second kappa shape index (κ2) is 5.90. The Hall–Kier alpha value is -0.0200. The largest absolute Gasteiger partial charge is 0.497 e. The van der Waals surface area contributed by atoms with E-state index in [2.05, 4.69) is 51.8 Å². The third-order valence-corrected chi connectivity index (χ3v) is 3.78. The Kier molecular flexibility index (Phi) is 5.13. The van der Waals surface area contributed by atoms with E-state index in [-0.39, 0.29) is 0 Å². The molecule has 0 saturated carbocycles. The lowest BCUT2D eigenvalue weighted by molar-refractivity contribution is 0.414. The fraction of sp³-hybridized carbons (Fsp3) is 0.500. The van der Waals surface area contributed by atoms with E-state index in [1.165, 1.54) is 5.56 Å². The Morgan fingerprint density at radius 3 is 2.47 bits per heavy atom. The van der Waals surface area contributed by atoms with Crippen LogP contribution in [0.25, 0.3) is 0 Å². The Morgan fingerprint density at radius 2 is 2.00 bits per heavy atom. The molecule has 1 aromatic carbocycles. The van der Waals surface area contributed by atoms with Gasteiger partial charge in [-0.1, -0.05) is 51.8 Å². The van der Waals surface area contributed by atoms with Gasteiger partial charge in [0.05, 0.1) is 7.11 Å². The molecule has 0 aliphatic rings. The van der Waals surface area contributed by atoms with Crippen LogP contribution in [0.5, 0.6) is 5.75 Å². The fourth-order valence-corrected chi connectivity index (χ4v) is 3.52. The van der Waals surface area contributed by atoms with E-state index in [9.17, 15) is 0 Å². The van der Waals surface area contributed by atoms with Crippen LogP contribution in [0, 0.1) is 5.92 Å². The van der Waals surface area contributed by atoms with Crippen LogP contribution >= 0.6 is 31.9 Å². The molecule has 0 spiro atoms. The highest BCUT2D eigenvalue weighted by Gasteiger charge is 2.13. The number of hydrogen-bond donors (Lipinski definition) is 0. The summed E-state index contributed by atoms with van der Waals surface area (Å²) in [5, 5.41) is 0. The van der Waals surface area contributed by atoms with Gasteiger partial charge in [0.2, 0.25) is 0 Å². The molecular formula is C12H16Br2O. The van der Waals surface area contributed by atoms with Crippen LogP contribution in [0.3, 0.4) is 0 Å². The highest BCUT2D eigenvalue weighted by molar-refractivity contribution is 9.11. The lowest BCUT2D eigenvalue weighted by Gasteiger charge is -2.15. The topological polar surface area (TPSA) is 9.23 Å². The average Bonchev–Trinajstić information content (AvgIpc) is 2.16. The second-order valence-corrected chi connectivity index (χ2v) is 5.94. The third-order valence-electron chi connectivity index (χ3n) is 2.22. The summed E-state index contributed by atoms with van der Waals surface area (Å²) in [5.41, 5.74) is 1.28. The summed E-state index contributed by atoms with van der Waals surface area (Å²) in [5.74, 6) is 1.57. The molecule has 0 heterocycles. The van der Waals surface area contributed by atoms with Gasteiger partial charge in [0.25, 0.3) is 0 Å². The van der Waals surface area contributed by atoms with Gasteiger partial charge in [-0.25, -0.2) is 0 Å². The predicted molar refractivity (Wildman–Crippen MR) is 71.8 cm³/mol. The van der Waals surface area contributed by atoms with E-state index in [1.807, 2.05) is 12.1 Å². The van der Waals surface area contributed by atoms with Gasteiger partial charge in [-0.2, -0.15) is 0 Å². The first-order valence-electron chi connectivity index (χ1n) is 5.02. The maximum absolute atomic E-state index is 5.17. The minimum atomic E-state index is 0.401. The molecule has 0 N–H and O–H groups in total. The Bertz CT molecular complexity index is 323. The molecule has 1 unspecified atom stereocenters. The molecule has 0 fully saturated rings. The van der Waals surface area contributed by atoms with E-state index in [4.69, 9.17) is 4.74 Å². The summed E-state index contributed by atoms with van der Waals surface area (Å²) in [6.45, 7) is 4.46. The quantitative estimate of drug-likeness (QED) is 0.708. The van der Waals surface area contributed by atoms with Gasteiger partial charge in [-0.3, -0.25) is 0 Å². The van der Waals surface area contributed by atoms with Crippen LogP contribution in [0.15, 0.2) is 22.7 Å². The Morgan fingerprint density at radius 1 is 1.33 bits per heavy atom. The highest BCUT2D eigenvalue weighted by atomic mass is 79.9. The minimum absolute atomic E-state index is 0.401. The van der Waals surface area contributed by atoms with Gasteiger partial charge in [-0.15, -0.1) is 0 Å². The summed E-state index contributed by atoms with van der Waals surface area (Å²) in [4.78, 5) is 0.401. The first-order chi connectivity index (χ1) is 7.04. The second-order valence-electron chi connectivity index (χ2n) is 3.98. The van der Waals surface area contributed by atoms with Crippen LogP contribution in [0.4, 0.5) is 0 Å². The van der Waals surface area contributed by atoms with E-state index < -0.39 is 0 Å². The van der Waals surface area contributed by atoms with Crippen molar-refractivity contribution in [3.05, 3.63) is 28.2 Å². The Labute approximate surface area is 108 Å². The summed E-state index contributed by atoms with van der Waals surface area (Å²) >= 11 is 7.28. The molecule has 15 heavy (non-hydrogen) atoms. The number of halogens is 2. The first-order valence-corrected chi connectivity index (χ1v) is 6.73. The van der Waals surface area contributed by atoms with Crippen LogP contribution in [0.1, 0.15) is 30.7 Å². The summed E-state index contributed by atoms with van der Waals surface area (Å²) in [6, 6.07) is 6.10. The van der Waals surface area contributed by atoms with Gasteiger partial charge in [0.15, 0.2) is 0 Å². The maximum Gasteiger partial charge on any atom is 0.120 e. The number of hydrogen-bond acceptors (Lipinski definition) is 1. The molecule has 3 heteroatoms. The number of methoxy groups -OCH3 is 1. The van der Waals surface area contributed by atoms with Crippen molar-refractivity contribution in [2.75, 3.05) is 7.11 Å². The molecular weight excluding hydrogens is 320 g/mol. The molecule has 0 aromatic heterocycles. The van der Waals surface area contributed by atoms with Gasteiger partial charge in [-0.05, 0) is 30.0 Å². The van der Waals surface area contributed by atoms with Crippen LogP contribution in [0.2, 0.25) is 0 Å². The number of rotatable bonds is 4. The zero-order chi connectivity index (χ0) is 11.4. The summed E-state index contributed by atoms with van der Waals surface area (Å²) in [7, 11) is 1.68. The van der Waals surface area contributed by atoms with Crippen molar-refractivity contribution in [2.24, 2.45) is 5.92 Å². The Balaban J connectivity index is 2.85. The standard InChI is InChI=1S/C12H16Br2O/c1-8(2)6-11(13)10-5-4-9(15-3)7-12(10)14/h4-5,7-8,11H,6H2,1-3H3. The van der Waals surface area contributed by atoms with Crippen molar-refractivity contribution >= 4 is 31.9 Å². The smallest absolute Gasteiger partial charge is 0.120 e. The van der Waals surface area contributed by atoms with E-state index in [1.54, 1.807) is 7.11 Å². The molecule has 1 aromatic rings. The van der Waals surface area contributed by atoms with Gasteiger partial charge >= 0.3 is 0 Å². The average molecular weight is 336 g/mol. The maximum atomic E-state index is 5.17. The van der Waals surface area contributed by atoms with Crippen molar-refractivity contribution < 1.29 is 4.74 Å². The molecule has 1 rings (SSSR count). The van der Waals surface area contributed by atoms with E-state index >= 15 is 0 Å². The molecule has 84 valence electrons. The monoisotopic (exact) mass is 334 g/mol. The van der Waals surface area contributed by atoms with E-state index in [0.717, 1.165) is 16.6 Å². The third kappa shape index (κ3) is 3.80. The zero-order valence-electron chi connectivity index (χ0n) is 9.26. The SMILES string of the molecule is COc1ccc(C(Br)CC(C)C)c(Br)c1. The van der Waals surface area contributed by atoms with Crippen LogP contribution < -0.4 is 4.74 Å². The molecule has 1 nitrogen and oxygen atoms in total. The van der Waals surface area contributed by atoms with E-state index in [0.29, 0.717) is 10.7 Å². The zero-order valence-corrected chi connectivity index (χ0v) is 12.4. The molecule has 0 bridgehead atoms. The highest BCUT2D eigenvalue weighted by Crippen LogP contribution is 2.36. The van der Waals surface area contributed by atoms with Crippen molar-refractivity contribution in [1.29, 1.82) is 0 Å². The molecule has 1 atom stereocenters. The summed E-state index contributed by atoms with van der Waals surface area (Å²) in [6.07, 6.45) is 1.13. The van der Waals surface area contributed by atoms with Crippen molar-refractivity contribution in [3.63, 3.8) is 0 Å². The van der Waals surface area contributed by atoms with Gasteiger partial charge in [0.1, 0.15) is 5.75 Å². The minimum Gasteiger partial charge on any atom is -0.497 e. The molecule has 0 radical (unpaired) electrons. The van der Waals surface area contributed by atoms with Crippen molar-refractivity contribution in [2.45, 2.75) is 25.1 Å². The van der Waals surface area contributed by atoms with Crippen molar-refractivity contribution in [1.82, 2.24) is 0 Å². The summed E-state index contributed by atoms with van der Waals surface area (Å²) < 4.78 is 6.27. The normalized spacial score (nSPS) is 12.9. The predicted octanol–water partition coefficient (Wildman–Crippen LogP) is 4.94. The van der Waals surface area contributed by atoms with Crippen molar-refractivity contribution in [3.8, 4) is 5.75 Å². The molecule has 0 saturated heterocycles. The lowest BCUT2D eigenvalue weighted by Crippen LogP contribution is -1.97. The van der Waals surface area contributed by atoms with Gasteiger partial charge in [0, 0.05) is 9.30 Å². The lowest BCUT2D eigenvalue weighted by atomic mass is 10.0. The number of ether oxygens (including phenoxy) is 1. The van der Waals surface area contributed by atoms with Gasteiger partial charge < -0.3 is 4.74 Å². The van der Waals surface area contributed by atoms with Crippen LogP contribution in [-0.2, 0) is 0 Å². The molecule has 0 amide bonds. The molecule has 0 aliphatic heterocycles. The number of benzene rings is 1. The fourth-order valence-electron chi connectivity index (χ4n) is 1.43. The van der Waals surface area contributed by atoms with Crippen LogP contribution in [-0.4, -0.2) is 7.11 Å². The number of alkyl halides is 1. The first kappa shape index (κ1) is 13.0. The molecule has 0 aliphatic carbocycles.